The highest BCUT2D eigenvalue weighted by Gasteiger charge is 2.13. The van der Waals surface area contributed by atoms with Crippen LogP contribution in [0.5, 0.6) is 0 Å². The van der Waals surface area contributed by atoms with Gasteiger partial charge in [-0.15, -0.1) is 0 Å². The molecule has 6 heteroatoms. The summed E-state index contributed by atoms with van der Waals surface area (Å²) in [6.45, 7) is 0. The molecule has 3 rings (SSSR count). The maximum atomic E-state index is 13.5. The summed E-state index contributed by atoms with van der Waals surface area (Å²) in [5.41, 5.74) is 0.956. The molecule has 0 saturated heterocycles. The number of pyridine rings is 1. The minimum atomic E-state index is -0.695. The number of aromatic nitrogens is 3. The summed E-state index contributed by atoms with van der Waals surface area (Å²) in [7, 11) is 0. The van der Waals surface area contributed by atoms with Gasteiger partial charge in [-0.1, -0.05) is 0 Å². The smallest absolute Gasteiger partial charge is 0.158 e. The molecule has 0 atom stereocenters. The molecule has 0 unspecified atom stereocenters. The van der Waals surface area contributed by atoms with Crippen LogP contribution in [0.1, 0.15) is 0 Å². The molecule has 0 bridgehead atoms. The predicted molar refractivity (Wildman–Crippen MR) is 66.9 cm³/mol. The molecule has 1 N–H and O–H groups in total. The van der Waals surface area contributed by atoms with E-state index >= 15 is 0 Å². The molecule has 1 aromatic carbocycles. The molecule has 0 fully saturated rings. The van der Waals surface area contributed by atoms with Gasteiger partial charge in [-0.3, -0.25) is 4.98 Å². The van der Waals surface area contributed by atoms with Gasteiger partial charge >= 0.3 is 0 Å². The van der Waals surface area contributed by atoms with E-state index in [0.29, 0.717) is 17.0 Å². The van der Waals surface area contributed by atoms with Gasteiger partial charge in [0.25, 0.3) is 0 Å². The van der Waals surface area contributed by atoms with E-state index < -0.39 is 11.6 Å². The van der Waals surface area contributed by atoms with Gasteiger partial charge in [0.1, 0.15) is 17.0 Å². The van der Waals surface area contributed by atoms with Crippen molar-refractivity contribution < 1.29 is 8.78 Å². The topological polar surface area (TPSA) is 41.6 Å². The molecular weight excluding hydrogens is 304 g/mol. The van der Waals surface area contributed by atoms with Crippen LogP contribution in [0, 0.1) is 11.6 Å². The molecule has 0 saturated carbocycles. The zero-order valence-corrected chi connectivity index (χ0v) is 10.5. The van der Waals surface area contributed by atoms with Crippen molar-refractivity contribution in [2.75, 3.05) is 0 Å². The first-order valence-electron chi connectivity index (χ1n) is 5.11. The van der Waals surface area contributed by atoms with E-state index in [-0.39, 0.29) is 5.52 Å². The Balaban J connectivity index is 2.26. The number of aromatic amines is 1. The third-order valence-corrected chi connectivity index (χ3v) is 3.13. The predicted octanol–water partition coefficient (Wildman–Crippen LogP) is 3.67. The molecule has 2 aromatic heterocycles. The van der Waals surface area contributed by atoms with Gasteiger partial charge < -0.3 is 4.98 Å². The first kappa shape index (κ1) is 11.3. The summed E-state index contributed by atoms with van der Waals surface area (Å²) < 4.78 is 27.3. The Morgan fingerprint density at radius 2 is 2.06 bits per heavy atom. The molecule has 3 nitrogen and oxygen atoms in total. The minimum Gasteiger partial charge on any atom is -0.336 e. The van der Waals surface area contributed by atoms with Crippen molar-refractivity contribution in [2.45, 2.75) is 0 Å². The van der Waals surface area contributed by atoms with Crippen molar-refractivity contribution in [3.05, 3.63) is 46.6 Å². The largest absolute Gasteiger partial charge is 0.336 e. The number of nitrogens with one attached hydrogen (secondary N) is 1. The highest BCUT2D eigenvalue weighted by atomic mass is 79.9. The lowest BCUT2D eigenvalue weighted by atomic mass is 10.3. The van der Waals surface area contributed by atoms with Gasteiger partial charge in [-0.05, 0) is 34.1 Å². The summed E-state index contributed by atoms with van der Waals surface area (Å²) >= 11 is 3.33. The fourth-order valence-electron chi connectivity index (χ4n) is 1.71. The first-order valence-corrected chi connectivity index (χ1v) is 5.90. The summed E-state index contributed by atoms with van der Waals surface area (Å²) in [5, 5.41) is 0. The van der Waals surface area contributed by atoms with Gasteiger partial charge in [0, 0.05) is 16.7 Å². The number of halogens is 3. The molecule has 0 aliphatic rings. The lowest BCUT2D eigenvalue weighted by Gasteiger charge is -1.97. The van der Waals surface area contributed by atoms with Crippen LogP contribution in [0.2, 0.25) is 0 Å². The molecule has 0 spiro atoms. The van der Waals surface area contributed by atoms with E-state index in [9.17, 15) is 8.78 Å². The van der Waals surface area contributed by atoms with Crippen molar-refractivity contribution >= 4 is 27.0 Å². The highest BCUT2D eigenvalue weighted by Crippen LogP contribution is 2.26. The van der Waals surface area contributed by atoms with E-state index in [1.807, 2.05) is 0 Å². The van der Waals surface area contributed by atoms with E-state index in [2.05, 4.69) is 30.9 Å². The van der Waals surface area contributed by atoms with E-state index in [0.717, 1.165) is 10.5 Å². The third-order valence-electron chi connectivity index (χ3n) is 2.49. The Morgan fingerprint density at radius 3 is 2.83 bits per heavy atom. The third kappa shape index (κ3) is 1.78. The van der Waals surface area contributed by atoms with E-state index in [1.54, 1.807) is 18.3 Å². The summed E-state index contributed by atoms with van der Waals surface area (Å²) in [6, 6.07) is 5.56. The van der Waals surface area contributed by atoms with Crippen molar-refractivity contribution in [1.82, 2.24) is 15.0 Å². The van der Waals surface area contributed by atoms with Crippen LogP contribution in [-0.4, -0.2) is 15.0 Å². The molecular formula is C12H6BrF2N3. The van der Waals surface area contributed by atoms with Crippen LogP contribution < -0.4 is 0 Å². The van der Waals surface area contributed by atoms with Gasteiger partial charge in [-0.2, -0.15) is 0 Å². The highest BCUT2D eigenvalue weighted by molar-refractivity contribution is 9.10. The average Bonchev–Trinajstić information content (AvgIpc) is 2.73. The number of rotatable bonds is 1. The fourth-order valence-corrected chi connectivity index (χ4v) is 2.16. The molecule has 0 aliphatic carbocycles. The number of imidazole rings is 1. The Kier molecular flexibility index (Phi) is 2.59. The van der Waals surface area contributed by atoms with Gasteiger partial charge in [0.05, 0.1) is 5.52 Å². The average molecular weight is 310 g/mol. The number of H-pyrrole nitrogens is 1. The number of benzene rings is 1. The quantitative estimate of drug-likeness (QED) is 0.745. The SMILES string of the molecule is Fc1cc(F)c2nc(-c3ncccc3Br)[nH]c2c1. The molecule has 0 aliphatic heterocycles. The monoisotopic (exact) mass is 309 g/mol. The number of hydrogen-bond donors (Lipinski definition) is 1. The molecule has 0 amide bonds. The Labute approximate surface area is 109 Å². The summed E-state index contributed by atoms with van der Waals surface area (Å²) in [6.07, 6.45) is 1.60. The van der Waals surface area contributed by atoms with Crippen LogP contribution in [0.15, 0.2) is 34.9 Å². The van der Waals surface area contributed by atoms with Crippen molar-refractivity contribution in [3.63, 3.8) is 0 Å². The molecule has 90 valence electrons. The van der Waals surface area contributed by atoms with Crippen molar-refractivity contribution in [1.29, 1.82) is 0 Å². The van der Waals surface area contributed by atoms with Crippen LogP contribution in [-0.2, 0) is 0 Å². The standard InChI is InChI=1S/C12H6BrF2N3/c13-7-2-1-3-16-10(7)12-17-9-5-6(14)4-8(15)11(9)18-12/h1-5H,(H,17,18). The number of nitrogens with zero attached hydrogens (tertiary/aromatic N) is 2. The first-order chi connectivity index (χ1) is 8.65. The van der Waals surface area contributed by atoms with Crippen molar-refractivity contribution in [3.8, 4) is 11.5 Å². The minimum absolute atomic E-state index is 0.101. The van der Waals surface area contributed by atoms with E-state index in [1.165, 1.54) is 6.07 Å². The zero-order chi connectivity index (χ0) is 12.7. The lowest BCUT2D eigenvalue weighted by molar-refractivity contribution is 0.591. The molecule has 18 heavy (non-hydrogen) atoms. The fraction of sp³-hybridized carbons (Fsp3) is 0. The maximum Gasteiger partial charge on any atom is 0.158 e. The Hall–Kier alpha value is -1.82. The second-order valence-electron chi connectivity index (χ2n) is 3.70. The van der Waals surface area contributed by atoms with Gasteiger partial charge in [0.15, 0.2) is 11.6 Å². The second kappa shape index (κ2) is 4.13. The normalized spacial score (nSPS) is 11.1. The Morgan fingerprint density at radius 1 is 1.22 bits per heavy atom. The van der Waals surface area contributed by atoms with Crippen LogP contribution >= 0.6 is 15.9 Å². The zero-order valence-electron chi connectivity index (χ0n) is 8.92. The van der Waals surface area contributed by atoms with Crippen molar-refractivity contribution in [2.24, 2.45) is 0 Å². The lowest BCUT2D eigenvalue weighted by Crippen LogP contribution is -1.86. The molecule has 0 radical (unpaired) electrons. The molecule has 2 heterocycles. The van der Waals surface area contributed by atoms with Gasteiger partial charge in [0.2, 0.25) is 0 Å². The Bertz CT molecular complexity index is 739. The number of hydrogen-bond acceptors (Lipinski definition) is 2. The maximum absolute atomic E-state index is 13.5. The van der Waals surface area contributed by atoms with Crippen LogP contribution in [0.4, 0.5) is 8.78 Å². The second-order valence-corrected chi connectivity index (χ2v) is 4.56. The number of fused-ring (bicyclic) bond motifs is 1. The summed E-state index contributed by atoms with van der Waals surface area (Å²) in [4.78, 5) is 11.1. The molecule has 3 aromatic rings. The van der Waals surface area contributed by atoms with Gasteiger partial charge in [-0.25, -0.2) is 13.8 Å². The van der Waals surface area contributed by atoms with Crippen LogP contribution in [0.3, 0.4) is 0 Å². The van der Waals surface area contributed by atoms with Crippen LogP contribution in [0.25, 0.3) is 22.6 Å². The van der Waals surface area contributed by atoms with E-state index in [4.69, 9.17) is 0 Å². The summed E-state index contributed by atoms with van der Waals surface area (Å²) in [5.74, 6) is -0.947.